The van der Waals surface area contributed by atoms with Crippen LogP contribution in [-0.2, 0) is 9.59 Å². The summed E-state index contributed by atoms with van der Waals surface area (Å²) in [6.45, 7) is 15.5. The van der Waals surface area contributed by atoms with Crippen LogP contribution in [-0.4, -0.2) is 17.4 Å². The zero-order valence-corrected chi connectivity index (χ0v) is 16.8. The van der Waals surface area contributed by atoms with Gasteiger partial charge in [-0.25, -0.2) is 0 Å². The van der Waals surface area contributed by atoms with Crippen LogP contribution in [0.15, 0.2) is 30.0 Å². The van der Waals surface area contributed by atoms with Crippen LogP contribution in [0.2, 0.25) is 0 Å². The number of carbonyl (C=O) groups excluding carboxylic acids is 2. The number of hydrogen-bond acceptors (Lipinski definition) is 2. The number of rotatable bonds is 4. The maximum Gasteiger partial charge on any atom is 0.268 e. The van der Waals surface area contributed by atoms with Crippen molar-refractivity contribution in [2.24, 2.45) is 5.41 Å². The van der Waals surface area contributed by atoms with Crippen LogP contribution in [0.4, 0.5) is 0 Å². The van der Waals surface area contributed by atoms with Gasteiger partial charge in [-0.05, 0) is 43.9 Å². The Morgan fingerprint density at radius 1 is 0.960 bits per heavy atom. The Balaban J connectivity index is 3.16. The van der Waals surface area contributed by atoms with Crippen LogP contribution in [0.1, 0.15) is 72.4 Å². The van der Waals surface area contributed by atoms with E-state index in [1.807, 2.05) is 65.8 Å². The lowest BCUT2D eigenvalue weighted by molar-refractivity contribution is -0.129. The van der Waals surface area contributed by atoms with E-state index >= 15 is 0 Å². The summed E-state index contributed by atoms with van der Waals surface area (Å²) in [6, 6.07) is 8.01. The van der Waals surface area contributed by atoms with E-state index in [0.29, 0.717) is 5.92 Å². The van der Waals surface area contributed by atoms with Gasteiger partial charge >= 0.3 is 0 Å². The second-order valence-corrected chi connectivity index (χ2v) is 8.79. The summed E-state index contributed by atoms with van der Waals surface area (Å²) in [5.41, 5.74) is 1.40. The number of carbonyl (C=O) groups is 2. The molecule has 0 saturated carbocycles. The normalized spacial score (nSPS) is 12.9. The molecule has 0 saturated heterocycles. The molecule has 25 heavy (non-hydrogen) atoms. The Morgan fingerprint density at radius 3 is 1.88 bits per heavy atom. The molecular weight excluding hydrogens is 312 g/mol. The van der Waals surface area contributed by atoms with Gasteiger partial charge in [0, 0.05) is 11.0 Å². The summed E-state index contributed by atoms with van der Waals surface area (Å²) < 4.78 is 0. The molecule has 1 rings (SSSR count). The lowest BCUT2D eigenvalue weighted by Gasteiger charge is -2.24. The van der Waals surface area contributed by atoms with Gasteiger partial charge in [-0.3, -0.25) is 9.59 Å². The molecule has 0 aliphatic rings. The van der Waals surface area contributed by atoms with Gasteiger partial charge in [0.1, 0.15) is 5.70 Å². The van der Waals surface area contributed by atoms with Crippen molar-refractivity contribution in [2.45, 2.75) is 66.8 Å². The van der Waals surface area contributed by atoms with Crippen LogP contribution in [0.5, 0.6) is 0 Å². The van der Waals surface area contributed by atoms with Crippen molar-refractivity contribution in [1.82, 2.24) is 10.6 Å². The Hall–Kier alpha value is -2.10. The Labute approximate surface area is 152 Å². The highest BCUT2D eigenvalue weighted by molar-refractivity contribution is 6.02. The number of amides is 2. The fourth-order valence-electron chi connectivity index (χ4n) is 2.02. The highest BCUT2D eigenvalue weighted by atomic mass is 16.2. The predicted octanol–water partition coefficient (Wildman–Crippen LogP) is 4.23. The van der Waals surface area contributed by atoms with E-state index < -0.39 is 5.41 Å². The van der Waals surface area contributed by atoms with E-state index in [2.05, 4.69) is 24.5 Å². The maximum atomic E-state index is 12.6. The van der Waals surface area contributed by atoms with Crippen molar-refractivity contribution in [3.63, 3.8) is 0 Å². The van der Waals surface area contributed by atoms with Crippen molar-refractivity contribution >= 4 is 17.9 Å². The zero-order chi connectivity index (χ0) is 19.4. The van der Waals surface area contributed by atoms with Crippen LogP contribution in [0.3, 0.4) is 0 Å². The van der Waals surface area contributed by atoms with Crippen molar-refractivity contribution in [2.75, 3.05) is 0 Å². The van der Waals surface area contributed by atoms with Crippen molar-refractivity contribution in [1.29, 1.82) is 0 Å². The van der Waals surface area contributed by atoms with Gasteiger partial charge in [0.2, 0.25) is 5.91 Å². The SMILES string of the molecule is CC(C)c1ccc(/C=C(/NC(=O)C(C)(C)C)C(=O)NC(C)(C)C)cc1. The predicted molar refractivity (Wildman–Crippen MR) is 104 cm³/mol. The van der Waals surface area contributed by atoms with Gasteiger partial charge in [0.05, 0.1) is 0 Å². The van der Waals surface area contributed by atoms with Crippen LogP contribution >= 0.6 is 0 Å². The Morgan fingerprint density at radius 2 is 1.48 bits per heavy atom. The number of benzene rings is 1. The molecule has 0 unspecified atom stereocenters. The Kier molecular flexibility index (Phi) is 6.58. The first-order valence-electron chi connectivity index (χ1n) is 8.75. The molecule has 0 spiro atoms. The summed E-state index contributed by atoms with van der Waals surface area (Å²) >= 11 is 0. The second-order valence-electron chi connectivity index (χ2n) is 8.79. The highest BCUT2D eigenvalue weighted by Gasteiger charge is 2.25. The molecule has 138 valence electrons. The summed E-state index contributed by atoms with van der Waals surface area (Å²) in [5, 5.41) is 5.68. The van der Waals surface area contributed by atoms with Gasteiger partial charge in [-0.15, -0.1) is 0 Å². The van der Waals surface area contributed by atoms with E-state index in [0.717, 1.165) is 5.56 Å². The van der Waals surface area contributed by atoms with E-state index in [9.17, 15) is 9.59 Å². The quantitative estimate of drug-likeness (QED) is 0.803. The third-order valence-corrected chi connectivity index (χ3v) is 3.58. The molecule has 2 N–H and O–H groups in total. The lowest BCUT2D eigenvalue weighted by atomic mass is 9.95. The fourth-order valence-corrected chi connectivity index (χ4v) is 2.02. The minimum Gasteiger partial charge on any atom is -0.346 e. The highest BCUT2D eigenvalue weighted by Crippen LogP contribution is 2.18. The molecular formula is C21H32N2O2. The van der Waals surface area contributed by atoms with Crippen LogP contribution in [0.25, 0.3) is 6.08 Å². The first-order valence-corrected chi connectivity index (χ1v) is 8.75. The standard InChI is InChI=1S/C21H32N2O2/c1-14(2)16-11-9-15(10-12-16)13-17(18(24)23-21(6,7)8)22-19(25)20(3,4)5/h9-14H,1-8H3,(H,22,25)(H,23,24)/b17-13+. The molecule has 1 aromatic rings. The molecule has 0 atom stereocenters. The average Bonchev–Trinajstić information content (AvgIpc) is 2.44. The lowest BCUT2D eigenvalue weighted by Crippen LogP contribution is -2.46. The summed E-state index contributed by atoms with van der Waals surface area (Å²) in [6.07, 6.45) is 1.72. The van der Waals surface area contributed by atoms with E-state index in [1.54, 1.807) is 6.08 Å². The second kappa shape index (κ2) is 7.85. The molecule has 4 heteroatoms. The third-order valence-electron chi connectivity index (χ3n) is 3.58. The number of hydrogen-bond donors (Lipinski definition) is 2. The van der Waals surface area contributed by atoms with Gasteiger partial charge in [-0.2, -0.15) is 0 Å². The summed E-state index contributed by atoms with van der Waals surface area (Å²) in [4.78, 5) is 25.0. The molecule has 0 heterocycles. The topological polar surface area (TPSA) is 58.2 Å². The van der Waals surface area contributed by atoms with Gasteiger partial charge in [-0.1, -0.05) is 58.9 Å². The van der Waals surface area contributed by atoms with Gasteiger partial charge in [0.25, 0.3) is 5.91 Å². The van der Waals surface area contributed by atoms with E-state index in [-0.39, 0.29) is 23.1 Å². The fraction of sp³-hybridized carbons (Fsp3) is 0.524. The first-order chi connectivity index (χ1) is 11.3. The minimum absolute atomic E-state index is 0.193. The summed E-state index contributed by atoms with van der Waals surface area (Å²) in [5.74, 6) is -0.0399. The first kappa shape index (κ1) is 20.9. The monoisotopic (exact) mass is 344 g/mol. The van der Waals surface area contributed by atoms with Gasteiger partial charge < -0.3 is 10.6 Å². The largest absolute Gasteiger partial charge is 0.346 e. The smallest absolute Gasteiger partial charge is 0.268 e. The molecule has 1 aromatic carbocycles. The number of nitrogens with one attached hydrogen (secondary N) is 2. The van der Waals surface area contributed by atoms with Crippen molar-refractivity contribution in [3.05, 3.63) is 41.1 Å². The van der Waals surface area contributed by atoms with Crippen molar-refractivity contribution in [3.8, 4) is 0 Å². The van der Waals surface area contributed by atoms with Crippen molar-refractivity contribution < 1.29 is 9.59 Å². The minimum atomic E-state index is -0.581. The average molecular weight is 344 g/mol. The van der Waals surface area contributed by atoms with E-state index in [4.69, 9.17) is 0 Å². The van der Waals surface area contributed by atoms with E-state index in [1.165, 1.54) is 5.56 Å². The van der Waals surface area contributed by atoms with Crippen LogP contribution < -0.4 is 10.6 Å². The molecule has 4 nitrogen and oxygen atoms in total. The summed E-state index contributed by atoms with van der Waals surface area (Å²) in [7, 11) is 0. The molecule has 0 aliphatic heterocycles. The molecule has 2 amide bonds. The molecule has 0 fully saturated rings. The molecule has 0 aromatic heterocycles. The molecule has 0 aliphatic carbocycles. The Bertz CT molecular complexity index is 642. The van der Waals surface area contributed by atoms with Gasteiger partial charge in [0.15, 0.2) is 0 Å². The third kappa shape index (κ3) is 7.12. The molecule has 0 bridgehead atoms. The zero-order valence-electron chi connectivity index (χ0n) is 16.8. The maximum absolute atomic E-state index is 12.6. The van der Waals surface area contributed by atoms with Crippen LogP contribution in [0, 0.1) is 5.41 Å². The molecule has 0 radical (unpaired) electrons.